The van der Waals surface area contributed by atoms with Gasteiger partial charge in [-0.15, -0.1) is 0 Å². The third-order valence-electron chi connectivity index (χ3n) is 11.3. The summed E-state index contributed by atoms with van der Waals surface area (Å²) in [5, 5.41) is 7.97. The number of rotatable bonds is 6. The van der Waals surface area contributed by atoms with Gasteiger partial charge in [0.25, 0.3) is 5.91 Å². The number of fused-ring (bicyclic) bond motifs is 3. The quantitative estimate of drug-likeness (QED) is 0.321. The monoisotopic (exact) mass is 742 g/mol. The van der Waals surface area contributed by atoms with Crippen LogP contribution in [0, 0.1) is 11.7 Å². The summed E-state index contributed by atoms with van der Waals surface area (Å²) in [5.74, 6) is -2.92. The fourth-order valence-corrected chi connectivity index (χ4v) is 9.39. The van der Waals surface area contributed by atoms with Gasteiger partial charge in [-0.2, -0.15) is 0 Å². The molecule has 1 unspecified atom stereocenters. The van der Waals surface area contributed by atoms with Crippen LogP contribution in [0.1, 0.15) is 94.6 Å². The number of nitrogens with one attached hydrogen (secondary N) is 4. The van der Waals surface area contributed by atoms with Gasteiger partial charge in [0, 0.05) is 30.5 Å². The van der Waals surface area contributed by atoms with E-state index in [0.717, 1.165) is 38.5 Å². The van der Waals surface area contributed by atoms with Crippen molar-refractivity contribution in [1.82, 2.24) is 30.5 Å². The zero-order valence-electron chi connectivity index (χ0n) is 29.1. The summed E-state index contributed by atoms with van der Waals surface area (Å²) in [5.41, 5.74) is -0.474. The average molecular weight is 743 g/mol. The Hall–Kier alpha value is -4.21. The van der Waals surface area contributed by atoms with E-state index in [1.54, 1.807) is 12.1 Å². The Bertz CT molecular complexity index is 1750. The van der Waals surface area contributed by atoms with E-state index in [0.29, 0.717) is 43.2 Å². The van der Waals surface area contributed by atoms with Crippen molar-refractivity contribution in [2.75, 3.05) is 6.54 Å². The summed E-state index contributed by atoms with van der Waals surface area (Å²) in [6, 6.07) is 2.01. The van der Waals surface area contributed by atoms with Crippen molar-refractivity contribution in [3.63, 3.8) is 0 Å². The summed E-state index contributed by atoms with van der Waals surface area (Å²) < 4.78 is 48.0. The number of ether oxygens (including phenoxy) is 1. The molecule has 3 aliphatic heterocycles. The Morgan fingerprint density at radius 1 is 0.962 bits per heavy atom. The fourth-order valence-electron chi connectivity index (χ4n) is 8.03. The lowest BCUT2D eigenvalue weighted by molar-refractivity contribution is -0.141. The molecule has 4 N–H and O–H groups in total. The molecule has 7 rings (SSSR count). The standard InChI is InChI=1S/C36H47FN6O8S/c37-28-13-8-9-22-19-42(21-27(22)28)35(48)51-25-17-30-31(44)40-36(33(46)41-52(49,50)26-15-16-26)18-23(36)10-4-2-1-3-5-14-29(32(45)43(30)20-25)39-34(47)38-24-11-6-7-12-24/h4,8-10,13,23-26,29-30H,1-3,5-7,11-12,14-21H2,(H,40,44)(H,41,46)(H2,38,39,47)/t23-,25-,29+,30?,36-/m1/s1. The van der Waals surface area contributed by atoms with E-state index >= 15 is 0 Å². The topological polar surface area (TPSA) is 183 Å². The van der Waals surface area contributed by atoms with Gasteiger partial charge in [0.1, 0.15) is 29.5 Å². The van der Waals surface area contributed by atoms with E-state index in [1.165, 1.54) is 15.9 Å². The van der Waals surface area contributed by atoms with E-state index in [4.69, 9.17) is 4.74 Å². The van der Waals surface area contributed by atoms with E-state index in [1.807, 2.05) is 12.2 Å². The number of nitrogens with zero attached hydrogens (tertiary/aromatic N) is 2. The van der Waals surface area contributed by atoms with E-state index in [9.17, 15) is 36.8 Å². The van der Waals surface area contributed by atoms with E-state index in [2.05, 4.69) is 20.7 Å². The summed E-state index contributed by atoms with van der Waals surface area (Å²) in [7, 11) is -3.91. The Kier molecular flexibility index (Phi) is 10.2. The van der Waals surface area contributed by atoms with Gasteiger partial charge in [-0.1, -0.05) is 50.0 Å². The molecule has 0 bridgehead atoms. The van der Waals surface area contributed by atoms with Crippen LogP contribution in [0.5, 0.6) is 0 Å². The van der Waals surface area contributed by atoms with Crippen LogP contribution in [-0.2, 0) is 42.2 Å². The van der Waals surface area contributed by atoms with Gasteiger partial charge in [0.2, 0.25) is 21.8 Å². The van der Waals surface area contributed by atoms with Gasteiger partial charge in [-0.25, -0.2) is 22.4 Å². The molecule has 6 aliphatic rings. The number of hydrogen-bond acceptors (Lipinski definition) is 8. The Balaban J connectivity index is 1.12. The molecule has 0 spiro atoms. The van der Waals surface area contributed by atoms with Crippen LogP contribution in [-0.4, -0.2) is 89.6 Å². The first-order valence-corrected chi connectivity index (χ1v) is 20.1. The number of benzene rings is 1. The first-order valence-electron chi connectivity index (χ1n) is 18.6. The molecule has 0 aromatic heterocycles. The highest BCUT2D eigenvalue weighted by atomic mass is 32.2. The highest BCUT2D eigenvalue weighted by Crippen LogP contribution is 2.46. The lowest BCUT2D eigenvalue weighted by Crippen LogP contribution is -2.59. The SMILES string of the molecule is O=C(NC1CCCC1)N[C@H]1CCCCCC=C[C@@H]2C[C@@]2(C(=O)NS(=O)(=O)C2CC2)NC(=O)C2C[C@@H](OC(=O)N3Cc4cccc(F)c4C3)CN2C1=O. The minimum Gasteiger partial charge on any atom is -0.444 e. The van der Waals surface area contributed by atoms with Crippen LogP contribution in [0.4, 0.5) is 14.0 Å². The number of sulfonamides is 1. The molecule has 1 aromatic rings. The molecular formula is C36H47FN6O8S. The van der Waals surface area contributed by atoms with Crippen LogP contribution in [0.15, 0.2) is 30.4 Å². The molecule has 3 heterocycles. The van der Waals surface area contributed by atoms with Gasteiger partial charge in [0.15, 0.2) is 0 Å². The van der Waals surface area contributed by atoms with Crippen LogP contribution < -0.4 is 20.7 Å². The number of allylic oxidation sites excluding steroid dienone is 1. The van der Waals surface area contributed by atoms with Gasteiger partial charge < -0.3 is 25.6 Å². The minimum atomic E-state index is -3.91. The smallest absolute Gasteiger partial charge is 0.410 e. The first-order chi connectivity index (χ1) is 24.9. The van der Waals surface area contributed by atoms with Crippen molar-refractivity contribution in [3.05, 3.63) is 47.3 Å². The third-order valence-corrected chi connectivity index (χ3v) is 13.1. The van der Waals surface area contributed by atoms with Crippen LogP contribution in [0.25, 0.3) is 0 Å². The number of urea groups is 1. The average Bonchev–Trinajstić information content (AvgIpc) is 3.88. The van der Waals surface area contributed by atoms with E-state index in [-0.39, 0.29) is 38.5 Å². The van der Waals surface area contributed by atoms with Crippen molar-refractivity contribution in [1.29, 1.82) is 0 Å². The predicted octanol–water partition coefficient (Wildman–Crippen LogP) is 2.86. The maximum absolute atomic E-state index is 14.4. The molecule has 282 valence electrons. The number of carbonyl (C=O) groups excluding carboxylic acids is 5. The van der Waals surface area contributed by atoms with Crippen LogP contribution in [0.2, 0.25) is 0 Å². The lowest BCUT2D eigenvalue weighted by Gasteiger charge is -2.30. The molecule has 52 heavy (non-hydrogen) atoms. The number of halogens is 1. The summed E-state index contributed by atoms with van der Waals surface area (Å²) in [4.78, 5) is 71.3. The zero-order chi connectivity index (χ0) is 36.6. The lowest BCUT2D eigenvalue weighted by atomic mass is 10.0. The Morgan fingerprint density at radius 2 is 1.73 bits per heavy atom. The second-order valence-electron chi connectivity index (χ2n) is 15.1. The molecule has 1 aromatic carbocycles. The van der Waals surface area contributed by atoms with E-state index < -0.39 is 80.6 Å². The fraction of sp³-hybridized carbons (Fsp3) is 0.639. The molecule has 3 saturated carbocycles. The molecule has 16 heteroatoms. The molecule has 5 atom stereocenters. The molecular weight excluding hydrogens is 695 g/mol. The maximum Gasteiger partial charge on any atom is 0.410 e. The molecule has 0 radical (unpaired) electrons. The first kappa shape index (κ1) is 36.2. The summed E-state index contributed by atoms with van der Waals surface area (Å²) in [6.45, 7) is 0.000944. The molecule has 6 amide bonds. The number of amides is 6. The second-order valence-corrected chi connectivity index (χ2v) is 17.1. The largest absolute Gasteiger partial charge is 0.444 e. The molecule has 1 saturated heterocycles. The maximum atomic E-state index is 14.4. The minimum absolute atomic E-state index is 0.0124. The molecule has 4 fully saturated rings. The van der Waals surface area contributed by atoms with Crippen molar-refractivity contribution in [2.45, 2.75) is 132 Å². The number of carbonyl (C=O) groups is 5. The third kappa shape index (κ3) is 7.76. The van der Waals surface area contributed by atoms with Crippen LogP contribution >= 0.6 is 0 Å². The Labute approximate surface area is 302 Å². The highest BCUT2D eigenvalue weighted by molar-refractivity contribution is 7.91. The second kappa shape index (κ2) is 14.7. The normalized spacial score (nSPS) is 29.6. The summed E-state index contributed by atoms with van der Waals surface area (Å²) in [6.07, 6.45) is 10.0. The van der Waals surface area contributed by atoms with Crippen LogP contribution in [0.3, 0.4) is 0 Å². The van der Waals surface area contributed by atoms with Crippen molar-refractivity contribution in [2.24, 2.45) is 5.92 Å². The van der Waals surface area contributed by atoms with Crippen molar-refractivity contribution >= 4 is 39.9 Å². The van der Waals surface area contributed by atoms with Crippen molar-refractivity contribution < 1.29 is 41.5 Å². The molecule has 14 nitrogen and oxygen atoms in total. The summed E-state index contributed by atoms with van der Waals surface area (Å²) >= 11 is 0. The Morgan fingerprint density at radius 3 is 2.48 bits per heavy atom. The van der Waals surface area contributed by atoms with Gasteiger partial charge >= 0.3 is 12.1 Å². The van der Waals surface area contributed by atoms with Gasteiger partial charge in [0.05, 0.1) is 18.3 Å². The van der Waals surface area contributed by atoms with Crippen molar-refractivity contribution in [3.8, 4) is 0 Å². The zero-order valence-corrected chi connectivity index (χ0v) is 29.9. The molecule has 3 aliphatic carbocycles. The highest BCUT2D eigenvalue weighted by Gasteiger charge is 2.62. The van der Waals surface area contributed by atoms with Gasteiger partial charge in [-0.3, -0.25) is 24.0 Å². The predicted molar refractivity (Wildman–Crippen MR) is 185 cm³/mol. The van der Waals surface area contributed by atoms with Gasteiger partial charge in [-0.05, 0) is 63.0 Å². The number of hydrogen-bond donors (Lipinski definition) is 4.